The first-order valence-electron chi connectivity index (χ1n) is 10.9. The van der Waals surface area contributed by atoms with Gasteiger partial charge in [-0.2, -0.15) is 10.5 Å². The lowest BCUT2D eigenvalue weighted by atomic mass is 10.1. The average molecular weight is 545 g/mol. The van der Waals surface area contributed by atoms with Crippen LogP contribution in [0, 0.1) is 22.7 Å². The lowest BCUT2D eigenvalue weighted by Gasteiger charge is -2.04. The van der Waals surface area contributed by atoms with E-state index in [-0.39, 0.29) is 23.1 Å². The third-order valence-corrected chi connectivity index (χ3v) is 8.56. The van der Waals surface area contributed by atoms with Gasteiger partial charge in [-0.15, -0.1) is 10.2 Å². The first-order valence-corrected chi connectivity index (χ1v) is 13.7. The predicted octanol–water partition coefficient (Wildman–Crippen LogP) is 4.23. The molecule has 0 saturated carbocycles. The zero-order valence-electron chi connectivity index (χ0n) is 18.9. The molecule has 0 aliphatic rings. The van der Waals surface area contributed by atoms with Gasteiger partial charge in [-0.1, -0.05) is 59.1 Å². The highest BCUT2D eigenvalue weighted by atomic mass is 32.2. The number of carbonyl (C=O) groups excluding carboxylic acids is 2. The molecule has 37 heavy (non-hydrogen) atoms. The van der Waals surface area contributed by atoms with Crippen molar-refractivity contribution in [1.29, 1.82) is 10.5 Å². The second-order valence-electron chi connectivity index (χ2n) is 7.75. The number of aromatic nitrogens is 6. The summed E-state index contributed by atoms with van der Waals surface area (Å²) < 4.78 is 1.08. The maximum Gasteiger partial charge on any atom is 0.175 e. The van der Waals surface area contributed by atoms with E-state index in [0.29, 0.717) is 31.4 Å². The first-order chi connectivity index (χ1) is 18.1. The quantitative estimate of drug-likeness (QED) is 0.243. The Morgan fingerprint density at radius 1 is 0.784 bits per heavy atom. The smallest absolute Gasteiger partial charge is 0.175 e. The topological polar surface area (TPSA) is 165 Å². The molecule has 0 amide bonds. The Hall–Kier alpha value is -4.04. The highest BCUT2D eigenvalue weighted by molar-refractivity contribution is 8.03. The van der Waals surface area contributed by atoms with Crippen molar-refractivity contribution < 1.29 is 9.59 Å². The van der Waals surface area contributed by atoms with E-state index in [4.69, 9.17) is 0 Å². The van der Waals surface area contributed by atoms with Gasteiger partial charge in [-0.05, 0) is 24.3 Å². The van der Waals surface area contributed by atoms with Gasteiger partial charge in [-0.3, -0.25) is 9.59 Å². The second kappa shape index (κ2) is 10.9. The third-order valence-electron chi connectivity index (χ3n) is 5.33. The largest absolute Gasteiger partial charge is 0.340 e. The van der Waals surface area contributed by atoms with E-state index in [1.807, 2.05) is 60.7 Å². The summed E-state index contributed by atoms with van der Waals surface area (Å²) in [6.45, 7) is 0. The van der Waals surface area contributed by atoms with Crippen molar-refractivity contribution in [1.82, 2.24) is 30.1 Å². The summed E-state index contributed by atoms with van der Waals surface area (Å²) in [5.74, 6) is -1.94. The van der Waals surface area contributed by atoms with Crippen LogP contribution >= 0.6 is 34.9 Å². The Morgan fingerprint density at radius 3 is 1.62 bits per heavy atom. The normalized spacial score (nSPS) is 12.7. The monoisotopic (exact) mass is 544 g/mol. The van der Waals surface area contributed by atoms with Crippen molar-refractivity contribution in [3.05, 3.63) is 60.2 Å². The van der Waals surface area contributed by atoms with Crippen LogP contribution in [0.25, 0.3) is 22.1 Å². The van der Waals surface area contributed by atoms with Crippen LogP contribution < -0.4 is 0 Å². The van der Waals surface area contributed by atoms with Crippen LogP contribution in [0.4, 0.5) is 0 Å². The molecule has 2 aromatic carbocycles. The minimum absolute atomic E-state index is 0.0239. The lowest BCUT2D eigenvalue weighted by Crippen LogP contribution is -2.14. The number of Topliss-reactive ketones (excluding diaryl/α,β-unsaturated/α-hetero) is 2. The Labute approximate surface area is 222 Å². The summed E-state index contributed by atoms with van der Waals surface area (Å²) in [5.41, 5.74) is 2.91. The van der Waals surface area contributed by atoms with Gasteiger partial charge >= 0.3 is 0 Å². The van der Waals surface area contributed by atoms with Crippen LogP contribution in [0.15, 0.2) is 57.2 Å². The fraction of sp³-hybridized carbons (Fsp3) is 0.167. The molecule has 182 valence electrons. The maximum atomic E-state index is 12.7. The van der Waals surface area contributed by atoms with E-state index in [1.54, 1.807) is 0 Å². The number of H-pyrrole nitrogens is 2. The Morgan fingerprint density at radius 2 is 1.22 bits per heavy atom. The molecule has 13 heteroatoms. The number of thioether (sulfide) groups is 2. The van der Waals surface area contributed by atoms with Crippen molar-refractivity contribution in [2.75, 3.05) is 11.5 Å². The van der Waals surface area contributed by atoms with Crippen LogP contribution in [0.3, 0.4) is 0 Å². The van der Waals surface area contributed by atoms with Crippen molar-refractivity contribution in [3.8, 4) is 12.1 Å². The van der Waals surface area contributed by atoms with Crippen molar-refractivity contribution in [3.63, 3.8) is 0 Å². The molecule has 3 heterocycles. The second-order valence-corrected chi connectivity index (χ2v) is 11.2. The van der Waals surface area contributed by atoms with Gasteiger partial charge in [0.15, 0.2) is 32.1 Å². The van der Waals surface area contributed by atoms with E-state index in [2.05, 4.69) is 30.1 Å². The van der Waals surface area contributed by atoms with E-state index < -0.39 is 11.8 Å². The summed E-state index contributed by atoms with van der Waals surface area (Å²) in [4.78, 5) is 40.2. The number of aromatic amines is 2. The zero-order valence-corrected chi connectivity index (χ0v) is 21.4. The molecule has 0 bridgehead atoms. The van der Waals surface area contributed by atoms with Gasteiger partial charge in [-0.25, -0.2) is 9.97 Å². The molecular formula is C24H16N8O2S3. The Balaban J connectivity index is 1.16. The number of nitriles is 2. The summed E-state index contributed by atoms with van der Waals surface area (Å²) in [5, 5.41) is 27.2. The highest BCUT2D eigenvalue weighted by Crippen LogP contribution is 2.31. The number of hydrogen-bond donors (Lipinski definition) is 2. The Bertz CT molecular complexity index is 1500. The molecule has 10 nitrogen and oxygen atoms in total. The first kappa shape index (κ1) is 24.6. The van der Waals surface area contributed by atoms with E-state index >= 15 is 0 Å². The summed E-state index contributed by atoms with van der Waals surface area (Å²) in [6.07, 6.45) is 0. The van der Waals surface area contributed by atoms with Gasteiger partial charge in [0, 0.05) is 0 Å². The molecule has 0 saturated heterocycles. The molecule has 5 rings (SSSR count). The average Bonchev–Trinajstić information content (AvgIpc) is 3.65. The van der Waals surface area contributed by atoms with Gasteiger partial charge in [0.2, 0.25) is 0 Å². The molecule has 2 atom stereocenters. The molecule has 0 aliphatic heterocycles. The minimum Gasteiger partial charge on any atom is -0.340 e. The van der Waals surface area contributed by atoms with Gasteiger partial charge in [0.05, 0.1) is 45.7 Å². The number of nitrogens with one attached hydrogen (secondary N) is 2. The van der Waals surface area contributed by atoms with Crippen LogP contribution in [-0.4, -0.2) is 53.2 Å². The zero-order chi connectivity index (χ0) is 25.8. The molecule has 3 aromatic heterocycles. The molecule has 2 N–H and O–H groups in total. The van der Waals surface area contributed by atoms with Gasteiger partial charge in [0.1, 0.15) is 11.6 Å². The molecular weight excluding hydrogens is 529 g/mol. The molecule has 0 spiro atoms. The minimum atomic E-state index is -1.01. The number of para-hydroxylation sites is 4. The molecule has 5 aromatic rings. The van der Waals surface area contributed by atoms with E-state index in [9.17, 15) is 20.1 Å². The number of hydrogen-bond acceptors (Lipinski definition) is 11. The number of carbonyl (C=O) groups is 2. The summed E-state index contributed by atoms with van der Waals surface area (Å²) >= 11 is 3.59. The van der Waals surface area contributed by atoms with Gasteiger partial charge < -0.3 is 9.97 Å². The number of benzene rings is 2. The van der Waals surface area contributed by atoms with Crippen molar-refractivity contribution >= 4 is 68.5 Å². The SMILES string of the molecule is N#CC(C(=O)CSc1nnc(SCC(=O)C(C#N)c2nc3ccccc3[nH]2)s1)c1nc2ccccc2[nH]1. The fourth-order valence-electron chi connectivity index (χ4n) is 3.54. The van der Waals surface area contributed by atoms with Crippen LogP contribution in [0.2, 0.25) is 0 Å². The summed E-state index contributed by atoms with van der Waals surface area (Å²) in [7, 11) is 0. The molecule has 0 radical (unpaired) electrons. The predicted molar refractivity (Wildman–Crippen MR) is 140 cm³/mol. The van der Waals surface area contributed by atoms with Crippen molar-refractivity contribution in [2.24, 2.45) is 0 Å². The number of fused-ring (bicyclic) bond motifs is 2. The lowest BCUT2D eigenvalue weighted by molar-refractivity contribution is -0.117. The molecule has 0 aliphatic carbocycles. The van der Waals surface area contributed by atoms with Gasteiger partial charge in [0.25, 0.3) is 0 Å². The van der Waals surface area contributed by atoms with E-state index in [1.165, 1.54) is 34.9 Å². The number of imidazole rings is 2. The highest BCUT2D eigenvalue weighted by Gasteiger charge is 2.26. The van der Waals surface area contributed by atoms with Crippen LogP contribution in [0.1, 0.15) is 23.5 Å². The van der Waals surface area contributed by atoms with Crippen LogP contribution in [-0.2, 0) is 9.59 Å². The molecule has 2 unspecified atom stereocenters. The summed E-state index contributed by atoms with van der Waals surface area (Å²) in [6, 6.07) is 18.7. The third kappa shape index (κ3) is 5.39. The standard InChI is InChI=1S/C24H16N8O2S3/c25-9-13(21-27-15-5-1-2-6-16(15)28-21)19(33)11-35-23-31-32-24(37-23)36-12-20(34)14(10-26)22-29-17-7-3-4-8-18(17)30-22/h1-8,13-14H,11-12H2,(H,27,28)(H,29,30). The number of rotatable bonds is 10. The van der Waals surface area contributed by atoms with E-state index in [0.717, 1.165) is 11.0 Å². The fourth-order valence-corrected chi connectivity index (χ4v) is 6.37. The maximum absolute atomic E-state index is 12.7. The van der Waals surface area contributed by atoms with Crippen LogP contribution in [0.5, 0.6) is 0 Å². The number of nitrogens with zero attached hydrogens (tertiary/aromatic N) is 6. The van der Waals surface area contributed by atoms with Crippen molar-refractivity contribution in [2.45, 2.75) is 20.5 Å². The number of ketones is 2. The molecule has 0 fully saturated rings. The Kier molecular flexibility index (Phi) is 7.28.